The smallest absolute Gasteiger partial charge is 0.305 e. The SMILES string of the molecule is CCCCN(c1nc(C(N)CCOC(=O)CCCCC(=O)OCCC(N)c2nc(N(CCCC)C3CC(C)(C)NC(C)(C)C3)nc(N(CCCC)C3CC(C)(C)NC(C)(C)C3)n2)nc(N(CCCC)C2CC(C)(C)NC(C)(C)C2)n1)C1CC(C)(C)NC(C)(C)C1. The molecule has 2 aromatic heterocycles. The first-order chi connectivity index (χ1) is 41.9. The van der Waals surface area contributed by atoms with E-state index in [4.69, 9.17) is 50.8 Å². The molecule has 0 aromatic carbocycles. The zero-order chi connectivity index (χ0) is 66.7. The predicted molar refractivity (Wildman–Crippen MR) is 369 cm³/mol. The van der Waals surface area contributed by atoms with Gasteiger partial charge >= 0.3 is 11.9 Å². The highest BCUT2D eigenvalue weighted by atomic mass is 16.5. The molecule has 0 bridgehead atoms. The molecule has 514 valence electrons. The summed E-state index contributed by atoms with van der Waals surface area (Å²) in [6.45, 7) is 49.1. The number of carbonyl (C=O) groups is 2. The highest BCUT2D eigenvalue weighted by molar-refractivity contribution is 5.70. The molecule has 2 unspecified atom stereocenters. The lowest BCUT2D eigenvalue weighted by atomic mass is 9.79. The van der Waals surface area contributed by atoms with Gasteiger partial charge in [0.2, 0.25) is 23.8 Å². The fourth-order valence-electron chi connectivity index (χ4n) is 16.2. The molecule has 4 aliphatic heterocycles. The molecule has 90 heavy (non-hydrogen) atoms. The summed E-state index contributed by atoms with van der Waals surface area (Å²) in [5.41, 5.74) is 13.5. The summed E-state index contributed by atoms with van der Waals surface area (Å²) in [4.78, 5) is 68.1. The Morgan fingerprint density at radius 1 is 0.389 bits per heavy atom. The molecule has 20 nitrogen and oxygen atoms in total. The highest BCUT2D eigenvalue weighted by Crippen LogP contribution is 2.40. The minimum atomic E-state index is -0.599. The van der Waals surface area contributed by atoms with Crippen LogP contribution in [0.25, 0.3) is 0 Å². The second-order valence-electron chi connectivity index (χ2n) is 33.0. The lowest BCUT2D eigenvalue weighted by Gasteiger charge is -2.50. The second-order valence-corrected chi connectivity index (χ2v) is 33.0. The van der Waals surface area contributed by atoms with E-state index < -0.39 is 12.1 Å². The molecule has 6 heterocycles. The van der Waals surface area contributed by atoms with Crippen LogP contribution in [0.15, 0.2) is 0 Å². The van der Waals surface area contributed by atoms with Gasteiger partial charge in [-0.3, -0.25) is 9.59 Å². The number of nitrogens with two attached hydrogens (primary N) is 2. The average molecular weight is 1260 g/mol. The minimum absolute atomic E-state index is 0.0818. The molecule has 0 saturated carbocycles. The Morgan fingerprint density at radius 3 is 0.800 bits per heavy atom. The standard InChI is InChI=1S/C70H130N16O4/c1-21-25-35-83(49-41-63(5,6)79-64(7,8)42-49)59-73-57(74-60(77-59)84(36-26-22-2)50-43-65(9,10)80-66(11,12)44-50)53(71)33-39-89-55(87)31-29-30-32-56(88)90-40-34-54(72)58-75-61(85(37-27-23-3)51-45-67(13,14)81-68(15,16)46-51)78-62(76-58)86(38-28-24-4)52-47-69(17,18)82-70(19,20)48-52/h49-54,79-82H,21-48,71-72H2,1-20H3. The van der Waals surface area contributed by atoms with E-state index >= 15 is 0 Å². The summed E-state index contributed by atoms with van der Waals surface area (Å²) in [6, 6.07) is -0.383. The van der Waals surface area contributed by atoms with Crippen LogP contribution in [0.1, 0.15) is 303 Å². The molecule has 8 N–H and O–H groups in total. The number of nitrogens with zero attached hydrogens (tertiary/aromatic N) is 10. The second kappa shape index (κ2) is 31.4. The molecule has 4 aliphatic rings. The molecule has 4 fully saturated rings. The van der Waals surface area contributed by atoms with Crippen LogP contribution in [0.2, 0.25) is 0 Å². The minimum Gasteiger partial charge on any atom is -0.466 e. The lowest BCUT2D eigenvalue weighted by molar-refractivity contribution is -0.146. The number of piperidine rings is 4. The fraction of sp³-hybridized carbons (Fsp3) is 0.886. The molecule has 6 rings (SSSR count). The number of rotatable bonds is 33. The van der Waals surface area contributed by atoms with Crippen LogP contribution in [0.4, 0.5) is 23.8 Å². The molecule has 20 heteroatoms. The van der Waals surface area contributed by atoms with E-state index in [2.05, 4.69) is 179 Å². The van der Waals surface area contributed by atoms with Gasteiger partial charge in [0.15, 0.2) is 11.6 Å². The van der Waals surface area contributed by atoms with Crippen LogP contribution in [0.5, 0.6) is 0 Å². The Bertz CT molecular complexity index is 2210. The number of hydrogen-bond acceptors (Lipinski definition) is 20. The maximum atomic E-state index is 13.3. The Kier molecular flexibility index (Phi) is 26.2. The first kappa shape index (κ1) is 75.0. The summed E-state index contributed by atoms with van der Waals surface area (Å²) in [6.07, 6.45) is 17.7. The molecule has 0 radical (unpaired) electrons. The Hall–Kier alpha value is -4.08. The Labute approximate surface area is 546 Å². The van der Waals surface area contributed by atoms with Crippen molar-refractivity contribution >= 4 is 35.7 Å². The van der Waals surface area contributed by atoms with E-state index in [1.807, 2.05) is 0 Å². The first-order valence-corrected chi connectivity index (χ1v) is 35.5. The molecule has 4 saturated heterocycles. The van der Waals surface area contributed by atoms with Gasteiger partial charge in [-0.15, -0.1) is 0 Å². The van der Waals surface area contributed by atoms with Crippen molar-refractivity contribution in [2.45, 2.75) is 360 Å². The van der Waals surface area contributed by atoms with Gasteiger partial charge in [-0.2, -0.15) is 29.9 Å². The third kappa shape index (κ3) is 22.8. The van der Waals surface area contributed by atoms with Crippen LogP contribution >= 0.6 is 0 Å². The number of unbranched alkanes of at least 4 members (excludes halogenated alkanes) is 5. The van der Waals surface area contributed by atoms with Crippen molar-refractivity contribution in [1.29, 1.82) is 0 Å². The summed E-state index contributed by atoms with van der Waals surface area (Å²) >= 11 is 0. The van der Waals surface area contributed by atoms with Crippen molar-refractivity contribution in [3.05, 3.63) is 11.6 Å². The summed E-state index contributed by atoms with van der Waals surface area (Å²) in [7, 11) is 0. The quantitative estimate of drug-likeness (QED) is 0.0287. The van der Waals surface area contributed by atoms with Crippen LogP contribution in [-0.4, -0.2) is 150 Å². The fourth-order valence-corrected chi connectivity index (χ4v) is 16.2. The molecule has 2 atom stereocenters. The van der Waals surface area contributed by atoms with E-state index in [1.54, 1.807) is 0 Å². The maximum absolute atomic E-state index is 13.3. The molecular weight excluding hydrogens is 1130 g/mol. The van der Waals surface area contributed by atoms with Gasteiger partial charge in [0.25, 0.3) is 0 Å². The predicted octanol–water partition coefficient (Wildman–Crippen LogP) is 11.8. The largest absolute Gasteiger partial charge is 0.466 e. The third-order valence-corrected chi connectivity index (χ3v) is 18.8. The zero-order valence-electron chi connectivity index (χ0n) is 60.5. The van der Waals surface area contributed by atoms with E-state index in [9.17, 15) is 9.59 Å². The Morgan fingerprint density at radius 2 is 0.600 bits per heavy atom. The van der Waals surface area contributed by atoms with Gasteiger partial charge in [0, 0.05) is 120 Å². The topological polar surface area (TPSA) is 243 Å². The van der Waals surface area contributed by atoms with Crippen LogP contribution < -0.4 is 52.3 Å². The number of esters is 2. The van der Waals surface area contributed by atoms with Crippen molar-refractivity contribution < 1.29 is 19.1 Å². The third-order valence-electron chi connectivity index (χ3n) is 18.8. The number of carbonyl (C=O) groups excluding carboxylic acids is 2. The number of hydrogen-bond donors (Lipinski definition) is 6. The van der Waals surface area contributed by atoms with E-state index in [0.717, 1.165) is 129 Å². The number of aromatic nitrogens is 6. The van der Waals surface area contributed by atoms with Crippen LogP contribution in [-0.2, 0) is 19.1 Å². The van der Waals surface area contributed by atoms with Crippen LogP contribution in [0, 0.1) is 0 Å². The first-order valence-electron chi connectivity index (χ1n) is 35.5. The van der Waals surface area contributed by atoms with Crippen molar-refractivity contribution in [2.24, 2.45) is 11.5 Å². The van der Waals surface area contributed by atoms with Gasteiger partial charge in [-0.05, 0) is 201 Å². The Balaban J connectivity index is 1.11. The maximum Gasteiger partial charge on any atom is 0.305 e. The van der Waals surface area contributed by atoms with Gasteiger partial charge in [-0.25, -0.2) is 0 Å². The lowest BCUT2D eigenvalue weighted by Crippen LogP contribution is -2.63. The molecule has 0 aliphatic carbocycles. The van der Waals surface area contributed by atoms with Crippen LogP contribution in [0.3, 0.4) is 0 Å². The number of ether oxygens (including phenoxy) is 2. The van der Waals surface area contributed by atoms with Crippen molar-refractivity contribution in [1.82, 2.24) is 51.2 Å². The van der Waals surface area contributed by atoms with Gasteiger partial charge < -0.3 is 61.8 Å². The molecule has 0 amide bonds. The van der Waals surface area contributed by atoms with Crippen molar-refractivity contribution in [2.75, 3.05) is 59.0 Å². The highest BCUT2D eigenvalue weighted by Gasteiger charge is 2.46. The number of anilines is 4. The number of nitrogens with one attached hydrogen (secondary N) is 4. The monoisotopic (exact) mass is 1260 g/mol. The zero-order valence-corrected chi connectivity index (χ0v) is 60.5. The van der Waals surface area contributed by atoms with E-state index in [1.165, 1.54) is 0 Å². The summed E-state index contributed by atoms with van der Waals surface area (Å²) < 4.78 is 11.6. The summed E-state index contributed by atoms with van der Waals surface area (Å²) in [5.74, 6) is 3.06. The molecule has 0 spiro atoms. The molecule has 2 aromatic rings. The van der Waals surface area contributed by atoms with Gasteiger partial charge in [-0.1, -0.05) is 53.4 Å². The van der Waals surface area contributed by atoms with Gasteiger partial charge in [0.1, 0.15) is 0 Å². The molecular formula is C70H130N16O4. The summed E-state index contributed by atoms with van der Waals surface area (Å²) in [5, 5.41) is 15.5. The normalized spacial score (nSPS) is 21.9. The average Bonchev–Trinajstić information content (AvgIpc) is 0.816. The van der Waals surface area contributed by atoms with E-state index in [-0.39, 0.29) is 106 Å². The van der Waals surface area contributed by atoms with Crippen molar-refractivity contribution in [3.63, 3.8) is 0 Å². The van der Waals surface area contributed by atoms with Gasteiger partial charge in [0.05, 0.1) is 25.3 Å². The van der Waals surface area contributed by atoms with E-state index in [0.29, 0.717) is 61.1 Å². The van der Waals surface area contributed by atoms with Crippen molar-refractivity contribution in [3.8, 4) is 0 Å².